The summed E-state index contributed by atoms with van der Waals surface area (Å²) in [5, 5.41) is 5.14. The van der Waals surface area contributed by atoms with Crippen molar-refractivity contribution in [1.82, 2.24) is 24.1 Å². The van der Waals surface area contributed by atoms with Gasteiger partial charge in [0.2, 0.25) is 5.91 Å². The van der Waals surface area contributed by atoms with Crippen LogP contribution >= 0.6 is 11.6 Å². The zero-order valence-corrected chi connectivity index (χ0v) is 20.0. The Balaban J connectivity index is 1.33. The van der Waals surface area contributed by atoms with Gasteiger partial charge in [-0.1, -0.05) is 41.9 Å². The third kappa shape index (κ3) is 4.57. The summed E-state index contributed by atoms with van der Waals surface area (Å²) in [6, 6.07) is 16.4. The Hall–Kier alpha value is -3.91. The molecule has 0 saturated carbocycles. The lowest BCUT2D eigenvalue weighted by Gasteiger charge is -2.35. The van der Waals surface area contributed by atoms with E-state index in [9.17, 15) is 14.4 Å². The molecule has 9 heteroatoms. The van der Waals surface area contributed by atoms with Crippen LogP contribution < -0.4 is 5.56 Å². The molecule has 1 fully saturated rings. The average Bonchev–Trinajstić information content (AvgIpc) is 3.21. The largest absolute Gasteiger partial charge is 0.356 e. The van der Waals surface area contributed by atoms with Gasteiger partial charge in [0.25, 0.3) is 11.5 Å². The monoisotopic (exact) mass is 489 g/mol. The first kappa shape index (κ1) is 22.9. The Labute approximate surface area is 207 Å². The Morgan fingerprint density at radius 2 is 1.57 bits per heavy atom. The molecule has 1 saturated heterocycles. The number of benzene rings is 2. The van der Waals surface area contributed by atoms with Gasteiger partial charge in [-0.3, -0.25) is 14.4 Å². The molecule has 0 atom stereocenters. The highest BCUT2D eigenvalue weighted by molar-refractivity contribution is 6.30. The van der Waals surface area contributed by atoms with E-state index in [4.69, 9.17) is 11.6 Å². The molecule has 3 aliphatic rings. The number of aromatic nitrogens is 3. The number of fused-ring (bicyclic) bond motifs is 1. The molecule has 0 radical (unpaired) electrons. The summed E-state index contributed by atoms with van der Waals surface area (Å²) in [4.78, 5) is 42.7. The molecular weight excluding hydrogens is 466 g/mol. The number of carbonyl (C=O) groups excluding carboxylic acids is 2. The fourth-order valence-corrected chi connectivity index (χ4v) is 4.48. The van der Waals surface area contributed by atoms with Gasteiger partial charge in [-0.05, 0) is 29.8 Å². The van der Waals surface area contributed by atoms with Crippen molar-refractivity contribution in [2.75, 3.05) is 26.2 Å². The summed E-state index contributed by atoms with van der Waals surface area (Å²) >= 11 is 5.92. The van der Waals surface area contributed by atoms with Gasteiger partial charge < -0.3 is 14.4 Å². The molecule has 2 aromatic rings. The van der Waals surface area contributed by atoms with Gasteiger partial charge in [-0.2, -0.15) is 9.78 Å². The van der Waals surface area contributed by atoms with Gasteiger partial charge in [0, 0.05) is 50.6 Å². The molecule has 178 valence electrons. The SMILES string of the molecule is Cn1cc(C(=O)N2CCN(C(=O)Cc3ccc(Cl)cc3)CC2)c2nn(-c3ccccc3)c(=O)c-2c1. The Bertz CT molecular complexity index is 1400. The Kier molecular flexibility index (Phi) is 6.13. The summed E-state index contributed by atoms with van der Waals surface area (Å²) < 4.78 is 3.04. The van der Waals surface area contributed by atoms with E-state index in [1.54, 1.807) is 58.1 Å². The van der Waals surface area contributed by atoms with Crippen LogP contribution in [0.25, 0.3) is 16.9 Å². The zero-order chi connectivity index (χ0) is 24.5. The normalized spacial score (nSPS) is 13.9. The van der Waals surface area contributed by atoms with Gasteiger partial charge in [-0.25, -0.2) is 0 Å². The quantitative estimate of drug-likeness (QED) is 0.441. The highest BCUT2D eigenvalue weighted by atomic mass is 35.5. The summed E-state index contributed by atoms with van der Waals surface area (Å²) in [5.74, 6) is -0.181. The number of piperazine rings is 1. The van der Waals surface area contributed by atoms with Crippen LogP contribution in [0.3, 0.4) is 0 Å². The van der Waals surface area contributed by atoms with Crippen molar-refractivity contribution in [2.45, 2.75) is 6.42 Å². The smallest absolute Gasteiger partial charge is 0.282 e. The van der Waals surface area contributed by atoms with Crippen molar-refractivity contribution in [3.8, 4) is 16.9 Å². The predicted octanol–water partition coefficient (Wildman–Crippen LogP) is 2.86. The Morgan fingerprint density at radius 1 is 0.914 bits per heavy atom. The lowest BCUT2D eigenvalue weighted by atomic mass is 10.1. The molecule has 2 aromatic carbocycles. The third-order valence-electron chi connectivity index (χ3n) is 6.22. The van der Waals surface area contributed by atoms with Crippen molar-refractivity contribution in [3.05, 3.63) is 93.5 Å². The molecule has 0 aromatic heterocycles. The molecular formula is C26H24ClN5O3. The maximum atomic E-state index is 13.5. The van der Waals surface area contributed by atoms with Crippen LogP contribution in [-0.4, -0.2) is 62.1 Å². The van der Waals surface area contributed by atoms with E-state index in [0.717, 1.165) is 5.56 Å². The maximum absolute atomic E-state index is 13.5. The topological polar surface area (TPSA) is 80.4 Å². The number of nitrogens with zero attached hydrogens (tertiary/aromatic N) is 5. The molecule has 0 aliphatic carbocycles. The number of hydrogen-bond donors (Lipinski definition) is 0. The fraction of sp³-hybridized carbons (Fsp3) is 0.231. The highest BCUT2D eigenvalue weighted by Gasteiger charge is 2.29. The fourth-order valence-electron chi connectivity index (χ4n) is 4.35. The van der Waals surface area contributed by atoms with Crippen LogP contribution in [0, 0.1) is 0 Å². The number of hydrogen-bond acceptors (Lipinski definition) is 4. The van der Waals surface area contributed by atoms with Crippen LogP contribution in [-0.2, 0) is 18.3 Å². The molecule has 35 heavy (non-hydrogen) atoms. The molecule has 0 N–H and O–H groups in total. The number of para-hydroxylation sites is 1. The molecule has 8 nitrogen and oxygen atoms in total. The molecule has 5 rings (SSSR count). The van der Waals surface area contributed by atoms with Crippen LogP contribution in [0.4, 0.5) is 0 Å². The van der Waals surface area contributed by atoms with Gasteiger partial charge in [-0.15, -0.1) is 0 Å². The van der Waals surface area contributed by atoms with E-state index in [2.05, 4.69) is 5.10 Å². The second-order valence-electron chi connectivity index (χ2n) is 8.63. The van der Waals surface area contributed by atoms with E-state index < -0.39 is 0 Å². The summed E-state index contributed by atoms with van der Waals surface area (Å²) in [6.07, 6.45) is 3.68. The first-order valence-electron chi connectivity index (χ1n) is 11.4. The number of carbonyl (C=O) groups is 2. The van der Waals surface area contributed by atoms with E-state index >= 15 is 0 Å². The summed E-state index contributed by atoms with van der Waals surface area (Å²) in [7, 11) is 1.78. The van der Waals surface area contributed by atoms with Crippen molar-refractivity contribution >= 4 is 23.4 Å². The first-order valence-corrected chi connectivity index (χ1v) is 11.7. The minimum Gasteiger partial charge on any atom is -0.356 e. The lowest BCUT2D eigenvalue weighted by molar-refractivity contribution is -0.131. The van der Waals surface area contributed by atoms with Crippen LogP contribution in [0.1, 0.15) is 15.9 Å². The number of aryl methyl sites for hydroxylation is 1. The maximum Gasteiger partial charge on any atom is 0.282 e. The van der Waals surface area contributed by atoms with Crippen molar-refractivity contribution in [1.29, 1.82) is 0 Å². The number of pyridine rings is 1. The molecule has 3 aliphatic heterocycles. The molecule has 2 amide bonds. The summed E-state index contributed by atoms with van der Waals surface area (Å²) in [5.41, 5.74) is 2.41. The lowest BCUT2D eigenvalue weighted by Crippen LogP contribution is -2.51. The molecule has 3 heterocycles. The van der Waals surface area contributed by atoms with Crippen molar-refractivity contribution in [3.63, 3.8) is 0 Å². The van der Waals surface area contributed by atoms with Gasteiger partial charge in [0.05, 0.1) is 23.2 Å². The van der Waals surface area contributed by atoms with Crippen molar-refractivity contribution in [2.24, 2.45) is 7.05 Å². The first-order chi connectivity index (χ1) is 16.9. The molecule has 0 bridgehead atoms. The summed E-state index contributed by atoms with van der Waals surface area (Å²) in [6.45, 7) is 1.72. The van der Waals surface area contributed by atoms with E-state index in [1.807, 2.05) is 30.3 Å². The highest BCUT2D eigenvalue weighted by Crippen LogP contribution is 2.24. The van der Waals surface area contributed by atoms with Gasteiger partial charge in [0.1, 0.15) is 5.69 Å². The van der Waals surface area contributed by atoms with E-state index in [1.165, 1.54) is 4.68 Å². The molecule has 0 spiro atoms. The second kappa shape index (κ2) is 9.38. The van der Waals surface area contributed by atoms with Gasteiger partial charge in [0.15, 0.2) is 0 Å². The number of rotatable bonds is 4. The minimum absolute atomic E-state index is 0.0190. The van der Waals surface area contributed by atoms with E-state index in [0.29, 0.717) is 60.1 Å². The van der Waals surface area contributed by atoms with Crippen LogP contribution in [0.5, 0.6) is 0 Å². The number of amides is 2. The zero-order valence-electron chi connectivity index (χ0n) is 19.2. The average molecular weight is 490 g/mol. The standard InChI is InChI=1S/C26H24ClN5O3/c1-29-16-21(24-22(17-29)26(35)32(28-24)20-5-3-2-4-6-20)25(34)31-13-11-30(12-14-31)23(33)15-18-7-9-19(27)10-8-18/h2-10,16-17H,11-15H2,1H3. The third-order valence-corrected chi connectivity index (χ3v) is 6.47. The van der Waals surface area contributed by atoms with Crippen molar-refractivity contribution < 1.29 is 9.59 Å². The predicted molar refractivity (Wildman–Crippen MR) is 133 cm³/mol. The second-order valence-corrected chi connectivity index (χ2v) is 9.06. The van der Waals surface area contributed by atoms with Crippen LogP contribution in [0.15, 0.2) is 71.8 Å². The minimum atomic E-state index is -0.269. The number of halogens is 1. The molecule has 0 unspecified atom stereocenters. The Morgan fingerprint density at radius 3 is 2.26 bits per heavy atom. The van der Waals surface area contributed by atoms with E-state index in [-0.39, 0.29) is 17.4 Å². The van der Waals surface area contributed by atoms with Crippen LogP contribution in [0.2, 0.25) is 5.02 Å². The van der Waals surface area contributed by atoms with Gasteiger partial charge >= 0.3 is 0 Å².